The van der Waals surface area contributed by atoms with Crippen molar-refractivity contribution in [1.82, 2.24) is 9.80 Å². The summed E-state index contributed by atoms with van der Waals surface area (Å²) >= 11 is 0. The fraction of sp³-hybridized carbons (Fsp3) is 0.889. The lowest BCUT2D eigenvalue weighted by atomic mass is 10.0. The summed E-state index contributed by atoms with van der Waals surface area (Å²) in [4.78, 5) is 28.7. The van der Waals surface area contributed by atoms with Gasteiger partial charge in [-0.1, -0.05) is 13.8 Å². The summed E-state index contributed by atoms with van der Waals surface area (Å²) in [6.07, 6.45) is 1.51. The quantitative estimate of drug-likeness (QED) is 0.834. The Morgan fingerprint density at radius 1 is 1.25 bits per heavy atom. The average Bonchev–Trinajstić information content (AvgIpc) is 2.88. The number of ether oxygens (including phenoxy) is 1. The number of hydrogen-bond acceptors (Lipinski definition) is 4. The fourth-order valence-electron chi connectivity index (χ4n) is 2.84. The minimum atomic E-state index is -0.532. The second-order valence-electron chi connectivity index (χ2n) is 8.32. The standard InChI is InChI=1S/C18H35N3O3/c1-12(2)15(19)16(22)20-10-8-9-14(20)11-21(13(3)4)17(23)24-18(5,6)7/h12-15H,8-11,19H2,1-7H3/t14-,15-/m0/s1. The lowest BCUT2D eigenvalue weighted by Gasteiger charge is -2.35. The number of carbonyl (C=O) groups excluding carboxylic acids is 2. The number of rotatable bonds is 5. The van der Waals surface area contributed by atoms with Crippen LogP contribution in [0.3, 0.4) is 0 Å². The Morgan fingerprint density at radius 3 is 2.29 bits per heavy atom. The van der Waals surface area contributed by atoms with Crippen molar-refractivity contribution in [2.45, 2.75) is 85.0 Å². The summed E-state index contributed by atoms with van der Waals surface area (Å²) in [5.41, 5.74) is 5.51. The summed E-state index contributed by atoms with van der Waals surface area (Å²) in [6, 6.07) is -0.465. The van der Waals surface area contributed by atoms with Gasteiger partial charge in [-0.15, -0.1) is 0 Å². The van der Waals surface area contributed by atoms with Crippen molar-refractivity contribution in [2.24, 2.45) is 11.7 Å². The molecule has 1 heterocycles. The monoisotopic (exact) mass is 341 g/mol. The zero-order valence-corrected chi connectivity index (χ0v) is 16.3. The predicted octanol–water partition coefficient (Wildman–Crippen LogP) is 2.61. The van der Waals surface area contributed by atoms with Crippen molar-refractivity contribution in [2.75, 3.05) is 13.1 Å². The van der Waals surface area contributed by atoms with Gasteiger partial charge in [0.15, 0.2) is 0 Å². The highest BCUT2D eigenvalue weighted by Gasteiger charge is 2.36. The molecular weight excluding hydrogens is 306 g/mol. The van der Waals surface area contributed by atoms with Crippen molar-refractivity contribution in [1.29, 1.82) is 0 Å². The van der Waals surface area contributed by atoms with Crippen LogP contribution in [0.25, 0.3) is 0 Å². The number of amides is 2. The highest BCUT2D eigenvalue weighted by Crippen LogP contribution is 2.22. The Balaban J connectivity index is 2.82. The number of nitrogens with two attached hydrogens (primary N) is 1. The van der Waals surface area contributed by atoms with E-state index in [1.807, 2.05) is 53.4 Å². The largest absolute Gasteiger partial charge is 0.444 e. The minimum absolute atomic E-state index is 0.0103. The molecule has 24 heavy (non-hydrogen) atoms. The number of likely N-dealkylation sites (tertiary alicyclic amines) is 1. The van der Waals surface area contributed by atoms with E-state index in [0.717, 1.165) is 12.8 Å². The molecule has 1 fully saturated rings. The molecule has 2 atom stereocenters. The van der Waals surface area contributed by atoms with E-state index in [4.69, 9.17) is 10.5 Å². The second kappa shape index (κ2) is 8.19. The molecule has 6 heteroatoms. The van der Waals surface area contributed by atoms with E-state index < -0.39 is 11.6 Å². The first-order valence-corrected chi connectivity index (χ1v) is 8.99. The van der Waals surface area contributed by atoms with Crippen molar-refractivity contribution in [3.63, 3.8) is 0 Å². The van der Waals surface area contributed by atoms with Crippen LogP contribution in [0.1, 0.15) is 61.3 Å². The van der Waals surface area contributed by atoms with Gasteiger partial charge in [0.05, 0.1) is 6.04 Å². The number of carbonyl (C=O) groups is 2. The van der Waals surface area contributed by atoms with Crippen molar-refractivity contribution in [3.8, 4) is 0 Å². The maximum absolute atomic E-state index is 12.6. The second-order valence-corrected chi connectivity index (χ2v) is 8.32. The molecule has 0 radical (unpaired) electrons. The van der Waals surface area contributed by atoms with E-state index in [1.54, 1.807) is 4.90 Å². The Kier molecular flexibility index (Phi) is 7.08. The summed E-state index contributed by atoms with van der Waals surface area (Å²) in [6.45, 7) is 14.6. The molecule has 0 bridgehead atoms. The Hall–Kier alpha value is -1.30. The molecule has 2 amide bonds. The molecule has 6 nitrogen and oxygen atoms in total. The Morgan fingerprint density at radius 2 is 1.83 bits per heavy atom. The molecule has 140 valence electrons. The summed E-state index contributed by atoms with van der Waals surface area (Å²) in [7, 11) is 0. The maximum Gasteiger partial charge on any atom is 0.410 e. The van der Waals surface area contributed by atoms with Gasteiger partial charge < -0.3 is 20.3 Å². The number of hydrogen-bond donors (Lipinski definition) is 1. The molecule has 0 aromatic rings. The molecule has 1 aliphatic rings. The SMILES string of the molecule is CC(C)[C@H](N)C(=O)N1CCC[C@H]1CN(C(=O)OC(C)(C)C)C(C)C. The third-order valence-electron chi connectivity index (χ3n) is 4.32. The van der Waals surface area contributed by atoms with E-state index in [9.17, 15) is 9.59 Å². The minimum Gasteiger partial charge on any atom is -0.444 e. The highest BCUT2D eigenvalue weighted by molar-refractivity contribution is 5.82. The third-order valence-corrected chi connectivity index (χ3v) is 4.32. The molecule has 0 aromatic carbocycles. The summed E-state index contributed by atoms with van der Waals surface area (Å²) in [5, 5.41) is 0. The van der Waals surface area contributed by atoms with Crippen LogP contribution in [0, 0.1) is 5.92 Å². The lowest BCUT2D eigenvalue weighted by molar-refractivity contribution is -0.134. The van der Waals surface area contributed by atoms with Crippen molar-refractivity contribution < 1.29 is 14.3 Å². The first kappa shape index (κ1) is 20.7. The molecule has 0 aromatic heterocycles. The molecule has 0 aliphatic carbocycles. The Bertz CT molecular complexity index is 443. The van der Waals surface area contributed by atoms with Gasteiger partial charge in [-0.25, -0.2) is 4.79 Å². The summed E-state index contributed by atoms with van der Waals surface area (Å²) < 4.78 is 5.51. The molecule has 1 rings (SSSR count). The normalized spacial score (nSPS) is 19.8. The van der Waals surface area contributed by atoms with Gasteiger partial charge in [0.1, 0.15) is 5.60 Å². The van der Waals surface area contributed by atoms with Gasteiger partial charge in [0, 0.05) is 25.2 Å². The fourth-order valence-corrected chi connectivity index (χ4v) is 2.84. The van der Waals surface area contributed by atoms with Gasteiger partial charge in [-0.05, 0) is 53.4 Å². The molecule has 2 N–H and O–H groups in total. The first-order chi connectivity index (χ1) is 10.9. The van der Waals surface area contributed by atoms with Crippen LogP contribution in [0.4, 0.5) is 4.79 Å². The van der Waals surface area contributed by atoms with Crippen LogP contribution in [-0.4, -0.2) is 58.6 Å². The van der Waals surface area contributed by atoms with E-state index in [2.05, 4.69) is 0 Å². The van der Waals surface area contributed by atoms with E-state index in [1.165, 1.54) is 0 Å². The van der Waals surface area contributed by atoms with Crippen LogP contribution in [0.15, 0.2) is 0 Å². The topological polar surface area (TPSA) is 75.9 Å². The van der Waals surface area contributed by atoms with Crippen LogP contribution in [0.2, 0.25) is 0 Å². The molecule has 1 aliphatic heterocycles. The van der Waals surface area contributed by atoms with Gasteiger partial charge >= 0.3 is 6.09 Å². The highest BCUT2D eigenvalue weighted by atomic mass is 16.6. The van der Waals surface area contributed by atoms with Crippen LogP contribution < -0.4 is 5.73 Å². The maximum atomic E-state index is 12.6. The Labute approximate surface area is 146 Å². The molecule has 0 saturated carbocycles. The van der Waals surface area contributed by atoms with Gasteiger partial charge in [0.25, 0.3) is 0 Å². The van der Waals surface area contributed by atoms with Gasteiger partial charge in [-0.2, -0.15) is 0 Å². The zero-order chi connectivity index (χ0) is 18.7. The van der Waals surface area contributed by atoms with Gasteiger partial charge in [-0.3, -0.25) is 4.79 Å². The van der Waals surface area contributed by atoms with Crippen LogP contribution in [-0.2, 0) is 9.53 Å². The molecule has 0 spiro atoms. The molecule has 1 saturated heterocycles. The smallest absolute Gasteiger partial charge is 0.410 e. The lowest BCUT2D eigenvalue weighted by Crippen LogP contribution is -2.53. The third kappa shape index (κ3) is 5.65. The van der Waals surface area contributed by atoms with Crippen molar-refractivity contribution >= 4 is 12.0 Å². The van der Waals surface area contributed by atoms with Crippen LogP contribution in [0.5, 0.6) is 0 Å². The summed E-state index contributed by atoms with van der Waals surface area (Å²) in [5.74, 6) is 0.0891. The van der Waals surface area contributed by atoms with E-state index >= 15 is 0 Å². The first-order valence-electron chi connectivity index (χ1n) is 8.99. The zero-order valence-electron chi connectivity index (χ0n) is 16.3. The molecular formula is C18H35N3O3. The average molecular weight is 341 g/mol. The molecule has 0 unspecified atom stereocenters. The van der Waals surface area contributed by atoms with Crippen LogP contribution >= 0.6 is 0 Å². The van der Waals surface area contributed by atoms with E-state index in [0.29, 0.717) is 13.1 Å². The van der Waals surface area contributed by atoms with Gasteiger partial charge in [0.2, 0.25) is 5.91 Å². The number of nitrogens with zero attached hydrogens (tertiary/aromatic N) is 2. The van der Waals surface area contributed by atoms with Crippen molar-refractivity contribution in [3.05, 3.63) is 0 Å². The van der Waals surface area contributed by atoms with E-state index in [-0.39, 0.29) is 30.0 Å². The predicted molar refractivity (Wildman–Crippen MR) is 95.6 cm³/mol.